The first-order valence-corrected chi connectivity index (χ1v) is 11.2. The SMILES string of the molecule is O=C(OCc1ccccc1)N1CCCC(Cn2cnc3cc(-c4cn[nH]c4)ccc32)CC1. The molecule has 1 fully saturated rings. The average Bonchev–Trinajstić information content (AvgIpc) is 3.44. The Morgan fingerprint density at radius 3 is 2.84 bits per heavy atom. The predicted molar refractivity (Wildman–Crippen MR) is 123 cm³/mol. The molecule has 2 aromatic heterocycles. The molecule has 0 spiro atoms. The van der Waals surface area contributed by atoms with E-state index in [9.17, 15) is 4.79 Å². The molecule has 1 saturated heterocycles. The second-order valence-electron chi connectivity index (χ2n) is 8.41. The van der Waals surface area contributed by atoms with Crippen LogP contribution >= 0.6 is 0 Å². The maximum atomic E-state index is 12.5. The molecule has 164 valence electrons. The quantitative estimate of drug-likeness (QED) is 0.491. The van der Waals surface area contributed by atoms with Gasteiger partial charge in [0.05, 0.1) is 23.6 Å². The molecule has 7 heteroatoms. The molecule has 1 N–H and O–H groups in total. The highest BCUT2D eigenvalue weighted by Crippen LogP contribution is 2.26. The molecule has 7 nitrogen and oxygen atoms in total. The normalized spacial score (nSPS) is 16.8. The van der Waals surface area contributed by atoms with Crippen LogP contribution in [0.25, 0.3) is 22.2 Å². The van der Waals surface area contributed by atoms with Gasteiger partial charge in [-0.25, -0.2) is 9.78 Å². The Kier molecular flexibility index (Phi) is 5.87. The molecule has 4 aromatic rings. The minimum Gasteiger partial charge on any atom is -0.445 e. The van der Waals surface area contributed by atoms with E-state index in [0.717, 1.165) is 66.6 Å². The summed E-state index contributed by atoms with van der Waals surface area (Å²) in [6.45, 7) is 2.72. The fourth-order valence-corrected chi connectivity index (χ4v) is 4.42. The highest BCUT2D eigenvalue weighted by molar-refractivity contribution is 5.81. The Labute approximate surface area is 187 Å². The van der Waals surface area contributed by atoms with Gasteiger partial charge in [0.15, 0.2) is 0 Å². The molecule has 1 amide bonds. The number of H-pyrrole nitrogens is 1. The number of ether oxygens (including phenoxy) is 1. The van der Waals surface area contributed by atoms with Crippen molar-refractivity contribution in [1.29, 1.82) is 0 Å². The molecule has 0 aliphatic carbocycles. The molecule has 1 unspecified atom stereocenters. The molecule has 2 aromatic carbocycles. The van der Waals surface area contributed by atoms with Crippen LogP contribution in [-0.4, -0.2) is 43.8 Å². The third-order valence-electron chi connectivity index (χ3n) is 6.22. The van der Waals surface area contributed by atoms with Crippen molar-refractivity contribution in [3.8, 4) is 11.1 Å². The highest BCUT2D eigenvalue weighted by atomic mass is 16.6. The monoisotopic (exact) mass is 429 g/mol. The van der Waals surface area contributed by atoms with Gasteiger partial charge in [-0.05, 0) is 48.4 Å². The van der Waals surface area contributed by atoms with Crippen LogP contribution in [0.5, 0.6) is 0 Å². The fraction of sp³-hybridized carbons (Fsp3) is 0.320. The maximum absolute atomic E-state index is 12.5. The number of fused-ring (bicyclic) bond motifs is 1. The van der Waals surface area contributed by atoms with Crippen molar-refractivity contribution < 1.29 is 9.53 Å². The third-order valence-corrected chi connectivity index (χ3v) is 6.22. The zero-order chi connectivity index (χ0) is 21.8. The lowest BCUT2D eigenvalue weighted by molar-refractivity contribution is 0.0970. The Morgan fingerprint density at radius 1 is 1.09 bits per heavy atom. The Balaban J connectivity index is 1.19. The minimum atomic E-state index is -0.214. The third kappa shape index (κ3) is 4.51. The van der Waals surface area contributed by atoms with E-state index in [0.29, 0.717) is 12.5 Å². The van der Waals surface area contributed by atoms with E-state index in [-0.39, 0.29) is 6.09 Å². The highest BCUT2D eigenvalue weighted by Gasteiger charge is 2.22. The lowest BCUT2D eigenvalue weighted by Crippen LogP contribution is -2.32. The van der Waals surface area contributed by atoms with Crippen LogP contribution in [-0.2, 0) is 17.9 Å². The molecule has 1 aliphatic rings. The summed E-state index contributed by atoms with van der Waals surface area (Å²) in [5, 5.41) is 6.88. The zero-order valence-electron chi connectivity index (χ0n) is 18.0. The second-order valence-corrected chi connectivity index (χ2v) is 8.41. The summed E-state index contributed by atoms with van der Waals surface area (Å²) in [5.74, 6) is 0.507. The molecule has 1 atom stereocenters. The summed E-state index contributed by atoms with van der Waals surface area (Å²) < 4.78 is 7.77. The smallest absolute Gasteiger partial charge is 0.410 e. The van der Waals surface area contributed by atoms with Crippen LogP contribution in [0.3, 0.4) is 0 Å². The van der Waals surface area contributed by atoms with Crippen LogP contribution in [0.4, 0.5) is 4.79 Å². The molecule has 5 rings (SSSR count). The molecule has 0 bridgehead atoms. The van der Waals surface area contributed by atoms with Gasteiger partial charge in [-0.1, -0.05) is 36.4 Å². The summed E-state index contributed by atoms with van der Waals surface area (Å²) in [7, 11) is 0. The molecular weight excluding hydrogens is 402 g/mol. The first-order valence-electron chi connectivity index (χ1n) is 11.2. The van der Waals surface area contributed by atoms with Gasteiger partial charge in [-0.3, -0.25) is 5.10 Å². The number of carbonyl (C=O) groups is 1. The van der Waals surface area contributed by atoms with Gasteiger partial charge in [0.1, 0.15) is 6.61 Å². The number of benzene rings is 2. The standard InChI is InChI=1S/C25H27N5O2/c31-25(32-17-20-5-2-1-3-6-20)29-11-4-7-19(10-12-29)16-30-18-26-23-13-21(8-9-24(23)30)22-14-27-28-15-22/h1-3,5-6,8-9,13-15,18-19H,4,7,10-12,16-17H2,(H,27,28). The van der Waals surface area contributed by atoms with Gasteiger partial charge in [0.2, 0.25) is 0 Å². The van der Waals surface area contributed by atoms with Crippen molar-refractivity contribution in [2.24, 2.45) is 5.92 Å². The summed E-state index contributed by atoms with van der Waals surface area (Å²) in [4.78, 5) is 19.0. The number of rotatable bonds is 5. The van der Waals surface area contributed by atoms with E-state index in [2.05, 4.69) is 37.9 Å². The summed E-state index contributed by atoms with van der Waals surface area (Å²) in [5.41, 5.74) is 5.31. The van der Waals surface area contributed by atoms with Crippen LogP contribution in [0.15, 0.2) is 67.3 Å². The van der Waals surface area contributed by atoms with E-state index in [1.807, 2.05) is 54.0 Å². The lowest BCUT2D eigenvalue weighted by atomic mass is 10.0. The number of aromatic amines is 1. The molecule has 0 saturated carbocycles. The number of hydrogen-bond acceptors (Lipinski definition) is 4. The van der Waals surface area contributed by atoms with Gasteiger partial charge in [0, 0.05) is 31.4 Å². The van der Waals surface area contributed by atoms with Crippen LogP contribution in [0.1, 0.15) is 24.8 Å². The Bertz CT molecular complexity index is 1170. The van der Waals surface area contributed by atoms with Crippen molar-refractivity contribution in [3.05, 3.63) is 72.8 Å². The van der Waals surface area contributed by atoms with Crippen molar-refractivity contribution in [1.82, 2.24) is 24.6 Å². The van der Waals surface area contributed by atoms with Crippen molar-refractivity contribution >= 4 is 17.1 Å². The van der Waals surface area contributed by atoms with E-state index in [1.54, 1.807) is 0 Å². The number of nitrogens with one attached hydrogen (secondary N) is 1. The lowest BCUT2D eigenvalue weighted by Gasteiger charge is -2.20. The van der Waals surface area contributed by atoms with Gasteiger partial charge >= 0.3 is 6.09 Å². The van der Waals surface area contributed by atoms with Crippen LogP contribution < -0.4 is 0 Å². The first kappa shape index (κ1) is 20.3. The van der Waals surface area contributed by atoms with Crippen molar-refractivity contribution in [3.63, 3.8) is 0 Å². The number of aromatic nitrogens is 4. The first-order chi connectivity index (χ1) is 15.8. The number of imidazole rings is 1. The predicted octanol–water partition coefficient (Wildman–Crippen LogP) is 4.87. The van der Waals surface area contributed by atoms with E-state index in [4.69, 9.17) is 4.74 Å². The number of likely N-dealkylation sites (tertiary alicyclic amines) is 1. The fourth-order valence-electron chi connectivity index (χ4n) is 4.42. The second kappa shape index (κ2) is 9.26. The van der Waals surface area contributed by atoms with Gasteiger partial charge in [-0.2, -0.15) is 5.10 Å². The topological polar surface area (TPSA) is 76.0 Å². The summed E-state index contributed by atoms with van der Waals surface area (Å²) >= 11 is 0. The minimum absolute atomic E-state index is 0.214. The molecular formula is C25H27N5O2. The van der Waals surface area contributed by atoms with Gasteiger partial charge < -0.3 is 14.2 Å². The van der Waals surface area contributed by atoms with E-state index < -0.39 is 0 Å². The number of hydrogen-bond donors (Lipinski definition) is 1. The summed E-state index contributed by atoms with van der Waals surface area (Å²) in [6.07, 6.45) is 8.47. The Morgan fingerprint density at radius 2 is 2.00 bits per heavy atom. The number of nitrogens with zero attached hydrogens (tertiary/aromatic N) is 4. The zero-order valence-corrected chi connectivity index (χ0v) is 18.0. The van der Waals surface area contributed by atoms with E-state index >= 15 is 0 Å². The van der Waals surface area contributed by atoms with Gasteiger partial charge in [-0.15, -0.1) is 0 Å². The largest absolute Gasteiger partial charge is 0.445 e. The average molecular weight is 430 g/mol. The maximum Gasteiger partial charge on any atom is 0.410 e. The number of carbonyl (C=O) groups excluding carboxylic acids is 1. The van der Waals surface area contributed by atoms with Crippen molar-refractivity contribution in [2.45, 2.75) is 32.4 Å². The molecule has 0 radical (unpaired) electrons. The summed E-state index contributed by atoms with van der Waals surface area (Å²) in [6, 6.07) is 16.2. The van der Waals surface area contributed by atoms with Crippen LogP contribution in [0.2, 0.25) is 0 Å². The van der Waals surface area contributed by atoms with E-state index in [1.165, 1.54) is 0 Å². The molecule has 32 heavy (non-hydrogen) atoms. The van der Waals surface area contributed by atoms with Gasteiger partial charge in [0.25, 0.3) is 0 Å². The number of amides is 1. The Hall–Kier alpha value is -3.61. The van der Waals surface area contributed by atoms with Crippen molar-refractivity contribution in [2.75, 3.05) is 13.1 Å². The molecule has 1 aliphatic heterocycles. The molecule has 3 heterocycles. The van der Waals surface area contributed by atoms with Crippen LogP contribution in [0, 0.1) is 5.92 Å².